The molecule has 0 saturated carbocycles. The zero-order valence-electron chi connectivity index (χ0n) is 7.38. The molecule has 0 atom stereocenters. The maximum Gasteiger partial charge on any atom is 0.0684 e. The molecule has 2 nitrogen and oxygen atoms in total. The van der Waals surface area contributed by atoms with Crippen molar-refractivity contribution in [2.24, 2.45) is 5.73 Å². The standard InChI is InChI=1S/C10H15NO/c1-8-6-9(4-5-11)2-3-10(8)7-12/h2-3,6,12H,4-5,7,11H2,1H3. The Labute approximate surface area is 73.0 Å². The molecular formula is C10H15NO. The maximum atomic E-state index is 8.91. The summed E-state index contributed by atoms with van der Waals surface area (Å²) < 4.78 is 0. The number of rotatable bonds is 3. The molecule has 0 fully saturated rings. The number of aryl methyl sites for hydroxylation is 1. The van der Waals surface area contributed by atoms with Crippen molar-refractivity contribution in [1.82, 2.24) is 0 Å². The molecule has 0 radical (unpaired) electrons. The van der Waals surface area contributed by atoms with Crippen LogP contribution >= 0.6 is 0 Å². The van der Waals surface area contributed by atoms with Crippen LogP contribution in [0.2, 0.25) is 0 Å². The van der Waals surface area contributed by atoms with E-state index in [2.05, 4.69) is 6.07 Å². The van der Waals surface area contributed by atoms with Gasteiger partial charge < -0.3 is 10.8 Å². The van der Waals surface area contributed by atoms with E-state index < -0.39 is 0 Å². The van der Waals surface area contributed by atoms with Gasteiger partial charge in [-0.15, -0.1) is 0 Å². The van der Waals surface area contributed by atoms with Gasteiger partial charge in [0, 0.05) is 0 Å². The predicted octanol–water partition coefficient (Wildman–Crippen LogP) is 0.989. The first kappa shape index (κ1) is 9.23. The molecule has 1 rings (SSSR count). The molecule has 1 aromatic carbocycles. The lowest BCUT2D eigenvalue weighted by Crippen LogP contribution is -2.03. The van der Waals surface area contributed by atoms with Gasteiger partial charge in [0.25, 0.3) is 0 Å². The van der Waals surface area contributed by atoms with Gasteiger partial charge in [0.2, 0.25) is 0 Å². The van der Waals surface area contributed by atoms with Gasteiger partial charge in [0.05, 0.1) is 6.61 Å². The molecule has 0 aromatic heterocycles. The zero-order valence-corrected chi connectivity index (χ0v) is 7.38. The van der Waals surface area contributed by atoms with Gasteiger partial charge in [-0.25, -0.2) is 0 Å². The summed E-state index contributed by atoms with van der Waals surface area (Å²) >= 11 is 0. The van der Waals surface area contributed by atoms with Crippen LogP contribution in [0.25, 0.3) is 0 Å². The van der Waals surface area contributed by atoms with E-state index in [9.17, 15) is 0 Å². The van der Waals surface area contributed by atoms with Crippen molar-refractivity contribution in [3.05, 3.63) is 34.9 Å². The number of hydrogen-bond donors (Lipinski definition) is 2. The Morgan fingerprint density at radius 3 is 2.67 bits per heavy atom. The van der Waals surface area contributed by atoms with Crippen LogP contribution in [0.1, 0.15) is 16.7 Å². The Balaban J connectivity index is 2.86. The normalized spacial score (nSPS) is 10.2. The lowest BCUT2D eigenvalue weighted by molar-refractivity contribution is 0.281. The molecule has 0 amide bonds. The van der Waals surface area contributed by atoms with Gasteiger partial charge >= 0.3 is 0 Å². The van der Waals surface area contributed by atoms with Gasteiger partial charge in [0.1, 0.15) is 0 Å². The largest absolute Gasteiger partial charge is 0.392 e. The SMILES string of the molecule is Cc1cc(CCN)ccc1CO. The summed E-state index contributed by atoms with van der Waals surface area (Å²) in [4.78, 5) is 0. The van der Waals surface area contributed by atoms with Gasteiger partial charge in [-0.3, -0.25) is 0 Å². The van der Waals surface area contributed by atoms with E-state index >= 15 is 0 Å². The monoisotopic (exact) mass is 165 g/mol. The minimum Gasteiger partial charge on any atom is -0.392 e. The molecule has 66 valence electrons. The first-order chi connectivity index (χ1) is 5.77. The van der Waals surface area contributed by atoms with Crippen LogP contribution in [0, 0.1) is 6.92 Å². The van der Waals surface area contributed by atoms with E-state index in [4.69, 9.17) is 10.8 Å². The smallest absolute Gasteiger partial charge is 0.0684 e. The third kappa shape index (κ3) is 2.06. The average Bonchev–Trinajstić information content (AvgIpc) is 2.05. The van der Waals surface area contributed by atoms with Crippen LogP contribution in [-0.2, 0) is 13.0 Å². The minimum atomic E-state index is 0.120. The minimum absolute atomic E-state index is 0.120. The molecule has 3 N–H and O–H groups in total. The van der Waals surface area contributed by atoms with Crippen LogP contribution < -0.4 is 5.73 Å². The maximum absolute atomic E-state index is 8.91. The highest BCUT2D eigenvalue weighted by Crippen LogP contribution is 2.10. The van der Waals surface area contributed by atoms with Crippen LogP contribution in [-0.4, -0.2) is 11.7 Å². The molecule has 0 aliphatic carbocycles. The molecule has 0 bridgehead atoms. The fourth-order valence-electron chi connectivity index (χ4n) is 1.26. The number of aliphatic hydroxyl groups excluding tert-OH is 1. The van der Waals surface area contributed by atoms with Crippen molar-refractivity contribution in [2.45, 2.75) is 20.0 Å². The second kappa shape index (κ2) is 4.24. The second-order valence-electron chi connectivity index (χ2n) is 2.96. The van der Waals surface area contributed by atoms with E-state index in [-0.39, 0.29) is 6.61 Å². The van der Waals surface area contributed by atoms with Crippen molar-refractivity contribution in [1.29, 1.82) is 0 Å². The topological polar surface area (TPSA) is 46.2 Å². The Bertz CT molecular complexity index is 258. The molecule has 12 heavy (non-hydrogen) atoms. The lowest BCUT2D eigenvalue weighted by Gasteiger charge is -2.04. The molecule has 0 aliphatic rings. The van der Waals surface area contributed by atoms with Crippen molar-refractivity contribution in [3.63, 3.8) is 0 Å². The molecule has 0 aliphatic heterocycles. The first-order valence-electron chi connectivity index (χ1n) is 4.17. The average molecular weight is 165 g/mol. The number of aliphatic hydroxyl groups is 1. The highest BCUT2D eigenvalue weighted by atomic mass is 16.3. The van der Waals surface area contributed by atoms with Crippen LogP contribution in [0.15, 0.2) is 18.2 Å². The second-order valence-corrected chi connectivity index (χ2v) is 2.96. The predicted molar refractivity (Wildman–Crippen MR) is 49.9 cm³/mol. The number of benzene rings is 1. The molecule has 0 saturated heterocycles. The highest BCUT2D eigenvalue weighted by molar-refractivity contribution is 5.30. The van der Waals surface area contributed by atoms with Crippen LogP contribution in [0.5, 0.6) is 0 Å². The lowest BCUT2D eigenvalue weighted by atomic mass is 10.0. The van der Waals surface area contributed by atoms with Crippen molar-refractivity contribution in [2.75, 3.05) is 6.54 Å². The van der Waals surface area contributed by atoms with E-state index in [1.165, 1.54) is 5.56 Å². The summed E-state index contributed by atoms with van der Waals surface area (Å²) in [6, 6.07) is 6.06. The third-order valence-corrected chi connectivity index (χ3v) is 2.01. The molecular weight excluding hydrogens is 150 g/mol. The third-order valence-electron chi connectivity index (χ3n) is 2.01. The van der Waals surface area contributed by atoms with Crippen molar-refractivity contribution in [3.8, 4) is 0 Å². The van der Waals surface area contributed by atoms with Crippen LogP contribution in [0.3, 0.4) is 0 Å². The summed E-state index contributed by atoms with van der Waals surface area (Å²) in [5.41, 5.74) is 8.81. The summed E-state index contributed by atoms with van der Waals surface area (Å²) in [6.45, 7) is 2.80. The van der Waals surface area contributed by atoms with E-state index in [0.717, 1.165) is 17.5 Å². The molecule has 0 spiro atoms. The van der Waals surface area contributed by atoms with Gasteiger partial charge in [-0.05, 0) is 36.6 Å². The van der Waals surface area contributed by atoms with Crippen molar-refractivity contribution >= 4 is 0 Å². The Hall–Kier alpha value is -0.860. The Kier molecular flexibility index (Phi) is 3.26. The molecule has 0 unspecified atom stereocenters. The Morgan fingerprint density at radius 1 is 1.42 bits per heavy atom. The van der Waals surface area contributed by atoms with E-state index in [1.807, 2.05) is 19.1 Å². The first-order valence-corrected chi connectivity index (χ1v) is 4.17. The fourth-order valence-corrected chi connectivity index (χ4v) is 1.26. The van der Waals surface area contributed by atoms with E-state index in [1.54, 1.807) is 0 Å². The van der Waals surface area contributed by atoms with Gasteiger partial charge in [-0.1, -0.05) is 18.2 Å². The summed E-state index contributed by atoms with van der Waals surface area (Å²) in [6.07, 6.45) is 0.909. The Morgan fingerprint density at radius 2 is 2.17 bits per heavy atom. The van der Waals surface area contributed by atoms with Crippen LogP contribution in [0.4, 0.5) is 0 Å². The van der Waals surface area contributed by atoms with Crippen molar-refractivity contribution < 1.29 is 5.11 Å². The summed E-state index contributed by atoms with van der Waals surface area (Å²) in [5, 5.41) is 8.91. The van der Waals surface area contributed by atoms with Gasteiger partial charge in [-0.2, -0.15) is 0 Å². The summed E-state index contributed by atoms with van der Waals surface area (Å²) in [5.74, 6) is 0. The fraction of sp³-hybridized carbons (Fsp3) is 0.400. The molecule has 2 heteroatoms. The summed E-state index contributed by atoms with van der Waals surface area (Å²) in [7, 11) is 0. The van der Waals surface area contributed by atoms with Gasteiger partial charge in [0.15, 0.2) is 0 Å². The quantitative estimate of drug-likeness (QED) is 0.701. The zero-order chi connectivity index (χ0) is 8.97. The number of hydrogen-bond acceptors (Lipinski definition) is 2. The molecule has 1 aromatic rings. The number of nitrogens with two attached hydrogens (primary N) is 1. The highest BCUT2D eigenvalue weighted by Gasteiger charge is 1.97. The van der Waals surface area contributed by atoms with E-state index in [0.29, 0.717) is 6.54 Å². The molecule has 0 heterocycles.